The maximum Gasteiger partial charge on any atom is 0.323 e. The van der Waals surface area contributed by atoms with Crippen LogP contribution in [0, 0.1) is 0 Å². The molecule has 7 heteroatoms. The van der Waals surface area contributed by atoms with Crippen LogP contribution in [-0.4, -0.2) is 17.1 Å². The van der Waals surface area contributed by atoms with Gasteiger partial charge in [-0.25, -0.2) is 4.79 Å². The number of urea groups is 1. The van der Waals surface area contributed by atoms with Crippen molar-refractivity contribution < 1.29 is 14.7 Å². The van der Waals surface area contributed by atoms with E-state index in [1.807, 2.05) is 0 Å². The van der Waals surface area contributed by atoms with Crippen LogP contribution in [0.3, 0.4) is 0 Å². The fraction of sp³-hybridized carbons (Fsp3) is 0.0667. The van der Waals surface area contributed by atoms with Gasteiger partial charge in [-0.1, -0.05) is 29.8 Å². The summed E-state index contributed by atoms with van der Waals surface area (Å²) in [7, 11) is 0. The molecule has 0 aliphatic rings. The van der Waals surface area contributed by atoms with Crippen LogP contribution in [0.1, 0.15) is 5.56 Å². The zero-order chi connectivity index (χ0) is 16.1. The monoisotopic (exact) mass is 382 g/mol. The third-order valence-corrected chi connectivity index (χ3v) is 3.74. The van der Waals surface area contributed by atoms with E-state index in [1.54, 1.807) is 42.5 Å². The Hall–Kier alpha value is -2.05. The lowest BCUT2D eigenvalue weighted by atomic mass is 10.1. The maximum atomic E-state index is 12.0. The van der Waals surface area contributed by atoms with Gasteiger partial charge in [0.05, 0.1) is 22.8 Å². The van der Waals surface area contributed by atoms with Crippen LogP contribution in [0.5, 0.6) is 0 Å². The predicted octanol–water partition coefficient (Wildman–Crippen LogP) is 4.37. The molecule has 0 bridgehead atoms. The van der Waals surface area contributed by atoms with Gasteiger partial charge in [-0.05, 0) is 45.8 Å². The van der Waals surface area contributed by atoms with E-state index in [4.69, 9.17) is 16.7 Å². The largest absolute Gasteiger partial charge is 0.481 e. The average Bonchev–Trinajstić information content (AvgIpc) is 2.44. The molecule has 0 unspecified atom stereocenters. The number of benzene rings is 2. The molecule has 22 heavy (non-hydrogen) atoms. The quantitative estimate of drug-likeness (QED) is 0.733. The van der Waals surface area contributed by atoms with Gasteiger partial charge in [-0.3, -0.25) is 4.79 Å². The molecule has 2 rings (SSSR count). The topological polar surface area (TPSA) is 78.4 Å². The zero-order valence-electron chi connectivity index (χ0n) is 11.3. The Kier molecular flexibility index (Phi) is 5.41. The van der Waals surface area contributed by atoms with Crippen molar-refractivity contribution in [3.8, 4) is 0 Å². The molecule has 0 saturated heterocycles. The highest BCUT2D eigenvalue weighted by molar-refractivity contribution is 9.10. The first-order valence-electron chi connectivity index (χ1n) is 6.28. The average molecular weight is 384 g/mol. The van der Waals surface area contributed by atoms with E-state index in [9.17, 15) is 9.59 Å². The highest BCUT2D eigenvalue weighted by Crippen LogP contribution is 2.25. The predicted molar refractivity (Wildman–Crippen MR) is 89.6 cm³/mol. The van der Waals surface area contributed by atoms with Crippen molar-refractivity contribution in [3.05, 3.63) is 57.5 Å². The molecule has 5 nitrogen and oxygen atoms in total. The van der Waals surface area contributed by atoms with Gasteiger partial charge in [0, 0.05) is 4.47 Å². The molecule has 114 valence electrons. The number of nitrogens with one attached hydrogen (secondary N) is 2. The van der Waals surface area contributed by atoms with Gasteiger partial charge in [-0.2, -0.15) is 0 Å². The van der Waals surface area contributed by atoms with Crippen molar-refractivity contribution in [1.82, 2.24) is 0 Å². The summed E-state index contributed by atoms with van der Waals surface area (Å²) in [6.45, 7) is 0. The van der Waals surface area contributed by atoms with Gasteiger partial charge in [0.15, 0.2) is 0 Å². The third kappa shape index (κ3) is 4.47. The summed E-state index contributed by atoms with van der Waals surface area (Å²) < 4.78 is 0.598. The molecule has 0 aromatic heterocycles. The molecule has 0 atom stereocenters. The SMILES string of the molecule is O=C(O)Cc1ccc(NC(=O)Nc2ccccc2Cl)c(Br)c1. The second-order valence-corrected chi connectivity index (χ2v) is 5.71. The normalized spacial score (nSPS) is 10.1. The van der Waals surface area contributed by atoms with E-state index in [-0.39, 0.29) is 6.42 Å². The molecule has 0 saturated carbocycles. The Morgan fingerprint density at radius 3 is 2.41 bits per heavy atom. The van der Waals surface area contributed by atoms with Crippen LogP contribution in [0.4, 0.5) is 16.2 Å². The molecule has 0 spiro atoms. The van der Waals surface area contributed by atoms with E-state index in [0.717, 1.165) is 0 Å². The fourth-order valence-corrected chi connectivity index (χ4v) is 2.49. The zero-order valence-corrected chi connectivity index (χ0v) is 13.6. The number of carboxylic acids is 1. The molecule has 2 aromatic rings. The lowest BCUT2D eigenvalue weighted by molar-refractivity contribution is -0.136. The summed E-state index contributed by atoms with van der Waals surface area (Å²) in [6.07, 6.45) is -0.0787. The smallest absolute Gasteiger partial charge is 0.323 e. The number of amides is 2. The first-order chi connectivity index (χ1) is 10.5. The van der Waals surface area contributed by atoms with Crippen molar-refractivity contribution in [1.29, 1.82) is 0 Å². The minimum absolute atomic E-state index is 0.0787. The number of hydrogen-bond acceptors (Lipinski definition) is 2. The molecular weight excluding hydrogens is 372 g/mol. The van der Waals surface area contributed by atoms with Crippen molar-refractivity contribution in [2.24, 2.45) is 0 Å². The number of anilines is 2. The van der Waals surface area contributed by atoms with E-state index in [0.29, 0.717) is 26.4 Å². The van der Waals surface area contributed by atoms with E-state index in [2.05, 4.69) is 26.6 Å². The second kappa shape index (κ2) is 7.29. The molecule has 2 amide bonds. The van der Waals surface area contributed by atoms with Crippen LogP contribution >= 0.6 is 27.5 Å². The van der Waals surface area contributed by atoms with E-state index in [1.165, 1.54) is 0 Å². The van der Waals surface area contributed by atoms with Gasteiger partial charge >= 0.3 is 12.0 Å². The molecule has 0 heterocycles. The molecule has 3 N–H and O–H groups in total. The minimum atomic E-state index is -0.913. The van der Waals surface area contributed by atoms with Crippen LogP contribution in [-0.2, 0) is 11.2 Å². The Morgan fingerprint density at radius 2 is 1.77 bits per heavy atom. The number of carbonyl (C=O) groups is 2. The summed E-state index contributed by atoms with van der Waals surface area (Å²) in [6, 6.07) is 11.4. The lowest BCUT2D eigenvalue weighted by Gasteiger charge is -2.11. The first-order valence-corrected chi connectivity index (χ1v) is 7.45. The summed E-state index contributed by atoms with van der Waals surface area (Å²) in [4.78, 5) is 22.6. The van der Waals surface area contributed by atoms with Crippen molar-refractivity contribution in [2.45, 2.75) is 6.42 Å². The summed E-state index contributed by atoms with van der Waals surface area (Å²) in [5, 5.41) is 14.5. The number of carboxylic acid groups (broad SMARTS) is 1. The lowest BCUT2D eigenvalue weighted by Crippen LogP contribution is -2.19. The molecule has 0 radical (unpaired) electrons. The van der Waals surface area contributed by atoms with Crippen molar-refractivity contribution >= 4 is 50.9 Å². The number of para-hydroxylation sites is 1. The van der Waals surface area contributed by atoms with E-state index < -0.39 is 12.0 Å². The molecular formula is C15H12BrClN2O3. The number of carbonyl (C=O) groups excluding carboxylic acids is 1. The van der Waals surface area contributed by atoms with Crippen LogP contribution in [0.15, 0.2) is 46.9 Å². The van der Waals surface area contributed by atoms with Crippen molar-refractivity contribution in [3.63, 3.8) is 0 Å². The molecule has 0 aliphatic heterocycles. The van der Waals surface area contributed by atoms with E-state index >= 15 is 0 Å². The summed E-state index contributed by atoms with van der Waals surface area (Å²) >= 11 is 9.27. The Balaban J connectivity index is 2.05. The first kappa shape index (κ1) is 16.3. The van der Waals surface area contributed by atoms with Crippen molar-refractivity contribution in [2.75, 3.05) is 10.6 Å². The Bertz CT molecular complexity index is 722. The van der Waals surface area contributed by atoms with Gasteiger partial charge in [-0.15, -0.1) is 0 Å². The highest BCUT2D eigenvalue weighted by Gasteiger charge is 2.09. The highest BCUT2D eigenvalue weighted by atomic mass is 79.9. The Morgan fingerprint density at radius 1 is 1.09 bits per heavy atom. The van der Waals surface area contributed by atoms with Gasteiger partial charge in [0.1, 0.15) is 0 Å². The second-order valence-electron chi connectivity index (χ2n) is 4.44. The third-order valence-electron chi connectivity index (χ3n) is 2.76. The summed E-state index contributed by atoms with van der Waals surface area (Å²) in [5.74, 6) is -0.913. The maximum absolute atomic E-state index is 12.0. The minimum Gasteiger partial charge on any atom is -0.481 e. The molecule has 0 fully saturated rings. The number of aliphatic carboxylic acids is 1. The van der Waals surface area contributed by atoms with Crippen LogP contribution < -0.4 is 10.6 Å². The van der Waals surface area contributed by atoms with Gasteiger partial charge in [0.2, 0.25) is 0 Å². The van der Waals surface area contributed by atoms with Crippen LogP contribution in [0.25, 0.3) is 0 Å². The Labute approximate surface area is 140 Å². The van der Waals surface area contributed by atoms with Gasteiger partial charge < -0.3 is 15.7 Å². The fourth-order valence-electron chi connectivity index (χ4n) is 1.78. The number of rotatable bonds is 4. The number of hydrogen-bond donors (Lipinski definition) is 3. The van der Waals surface area contributed by atoms with Crippen LogP contribution in [0.2, 0.25) is 5.02 Å². The molecule has 0 aliphatic carbocycles. The number of halogens is 2. The van der Waals surface area contributed by atoms with Gasteiger partial charge in [0.25, 0.3) is 0 Å². The summed E-state index contributed by atoms with van der Waals surface area (Å²) in [5.41, 5.74) is 1.66. The molecule has 2 aromatic carbocycles. The standard InChI is InChI=1S/C15H12BrClN2O3/c16-10-7-9(8-14(20)21)5-6-12(10)18-15(22)19-13-4-2-1-3-11(13)17/h1-7H,8H2,(H,20,21)(H2,18,19,22).